The van der Waals surface area contributed by atoms with Gasteiger partial charge in [-0.2, -0.15) is 0 Å². The Morgan fingerprint density at radius 3 is 2.35 bits per heavy atom. The Hall–Kier alpha value is -3.68. The highest BCUT2D eigenvalue weighted by molar-refractivity contribution is 6.31. The van der Waals surface area contributed by atoms with Crippen molar-refractivity contribution in [2.24, 2.45) is 17.6 Å². The molecule has 0 bridgehead atoms. The summed E-state index contributed by atoms with van der Waals surface area (Å²) in [6.07, 6.45) is 0. The third-order valence-corrected chi connectivity index (χ3v) is 8.05. The summed E-state index contributed by atoms with van der Waals surface area (Å²) in [6.45, 7) is 8.50. The van der Waals surface area contributed by atoms with Gasteiger partial charge in [-0.1, -0.05) is 85.6 Å². The van der Waals surface area contributed by atoms with Gasteiger partial charge in [0, 0.05) is 37.1 Å². The maximum absolute atomic E-state index is 14.1. The van der Waals surface area contributed by atoms with Crippen molar-refractivity contribution in [3.05, 3.63) is 111 Å². The van der Waals surface area contributed by atoms with Crippen LogP contribution in [0.15, 0.2) is 77.6 Å². The van der Waals surface area contributed by atoms with E-state index in [9.17, 15) is 9.59 Å². The average molecular weight is 558 g/mol. The van der Waals surface area contributed by atoms with Gasteiger partial charge in [0.05, 0.1) is 23.5 Å². The molecule has 40 heavy (non-hydrogen) atoms. The molecule has 2 heterocycles. The Labute approximate surface area is 240 Å². The van der Waals surface area contributed by atoms with Gasteiger partial charge in [0.2, 0.25) is 0 Å². The number of nitrogens with two attached hydrogens (primary N) is 1. The van der Waals surface area contributed by atoms with E-state index in [0.717, 1.165) is 16.7 Å². The van der Waals surface area contributed by atoms with E-state index in [1.54, 1.807) is 22.8 Å². The van der Waals surface area contributed by atoms with Gasteiger partial charge in [-0.3, -0.25) is 9.36 Å². The summed E-state index contributed by atoms with van der Waals surface area (Å²) in [6, 6.07) is 22.7. The third-order valence-electron chi connectivity index (χ3n) is 7.81. The molecule has 0 saturated carbocycles. The fourth-order valence-corrected chi connectivity index (χ4v) is 5.79. The standard InChI is InChI=1S/C32H36ClN5O2/c1-21(2)27-20-36(16-15-34)32(40)37(18-24-11-9-22(3)10-12-24)29(27)30-35-28-17-25(33)13-14-26(28)31(39)38(30)19-23-7-5-4-6-8-23/h4-14,17,21,27,29H,15-16,18-20,34H2,1-3H3. The lowest BCUT2D eigenvalue weighted by molar-refractivity contribution is 0.0355. The number of carbonyl (C=O) groups excluding carboxylic acids is 1. The van der Waals surface area contributed by atoms with Crippen LogP contribution >= 0.6 is 11.6 Å². The maximum Gasteiger partial charge on any atom is 0.320 e. The van der Waals surface area contributed by atoms with Crippen LogP contribution in [0, 0.1) is 18.8 Å². The van der Waals surface area contributed by atoms with Crippen molar-refractivity contribution in [3.63, 3.8) is 0 Å². The maximum atomic E-state index is 14.1. The van der Waals surface area contributed by atoms with Crippen molar-refractivity contribution < 1.29 is 4.79 Å². The molecule has 1 aliphatic rings. The summed E-state index contributed by atoms with van der Waals surface area (Å²) in [5, 5.41) is 1.01. The van der Waals surface area contributed by atoms with E-state index in [4.69, 9.17) is 22.3 Å². The second kappa shape index (κ2) is 11.8. The molecular formula is C32H36ClN5O2. The molecule has 2 amide bonds. The van der Waals surface area contributed by atoms with E-state index in [0.29, 0.717) is 54.5 Å². The minimum absolute atomic E-state index is 0.0141. The van der Waals surface area contributed by atoms with Gasteiger partial charge in [-0.25, -0.2) is 9.78 Å². The zero-order valence-electron chi connectivity index (χ0n) is 23.3. The first-order valence-corrected chi connectivity index (χ1v) is 14.2. The van der Waals surface area contributed by atoms with E-state index in [2.05, 4.69) is 38.1 Å². The Bertz CT molecular complexity index is 1550. The van der Waals surface area contributed by atoms with Crippen LogP contribution in [0.25, 0.3) is 10.9 Å². The van der Waals surface area contributed by atoms with Crippen LogP contribution in [0.2, 0.25) is 5.02 Å². The number of halogens is 1. The minimum atomic E-state index is -0.428. The summed E-state index contributed by atoms with van der Waals surface area (Å²) in [4.78, 5) is 37.0. The predicted molar refractivity (Wildman–Crippen MR) is 160 cm³/mol. The van der Waals surface area contributed by atoms with Crippen LogP contribution in [-0.4, -0.2) is 45.0 Å². The number of urea groups is 1. The molecule has 0 radical (unpaired) electrons. The molecule has 0 aliphatic carbocycles. The number of fused-ring (bicyclic) bond motifs is 1. The van der Waals surface area contributed by atoms with E-state index >= 15 is 0 Å². The number of hydrogen-bond acceptors (Lipinski definition) is 4. The van der Waals surface area contributed by atoms with Gasteiger partial charge in [0.25, 0.3) is 5.56 Å². The van der Waals surface area contributed by atoms with Crippen molar-refractivity contribution in [2.45, 2.75) is 39.9 Å². The molecule has 1 aliphatic heterocycles. The Morgan fingerprint density at radius 2 is 1.68 bits per heavy atom. The molecule has 5 rings (SSSR count). The van der Waals surface area contributed by atoms with Crippen LogP contribution in [0.1, 0.15) is 42.4 Å². The molecule has 1 aromatic heterocycles. The zero-order valence-corrected chi connectivity index (χ0v) is 24.0. The first-order valence-electron chi connectivity index (χ1n) is 13.8. The van der Waals surface area contributed by atoms with Crippen LogP contribution in [-0.2, 0) is 13.1 Å². The first kappa shape index (κ1) is 27.9. The number of aryl methyl sites for hydroxylation is 1. The zero-order chi connectivity index (χ0) is 28.4. The van der Waals surface area contributed by atoms with E-state index in [-0.39, 0.29) is 23.4 Å². The minimum Gasteiger partial charge on any atom is -0.329 e. The van der Waals surface area contributed by atoms with Crippen molar-refractivity contribution >= 4 is 28.5 Å². The molecule has 3 aromatic carbocycles. The van der Waals surface area contributed by atoms with E-state index < -0.39 is 6.04 Å². The Balaban J connectivity index is 1.73. The summed E-state index contributed by atoms with van der Waals surface area (Å²) < 4.78 is 1.75. The van der Waals surface area contributed by atoms with Crippen LogP contribution in [0.5, 0.6) is 0 Å². The largest absolute Gasteiger partial charge is 0.329 e. The molecule has 2 atom stereocenters. The quantitative estimate of drug-likeness (QED) is 0.305. The highest BCUT2D eigenvalue weighted by Crippen LogP contribution is 2.39. The normalized spacial score (nSPS) is 17.7. The predicted octanol–water partition coefficient (Wildman–Crippen LogP) is 5.62. The number of amides is 2. The molecule has 4 aromatic rings. The fourth-order valence-electron chi connectivity index (χ4n) is 5.63. The van der Waals surface area contributed by atoms with Crippen LogP contribution < -0.4 is 11.3 Å². The van der Waals surface area contributed by atoms with Crippen LogP contribution in [0.4, 0.5) is 4.79 Å². The highest BCUT2D eigenvalue weighted by Gasteiger charge is 2.44. The van der Waals surface area contributed by atoms with Crippen molar-refractivity contribution in [2.75, 3.05) is 19.6 Å². The lowest BCUT2D eigenvalue weighted by Gasteiger charge is -2.47. The smallest absolute Gasteiger partial charge is 0.320 e. The van der Waals surface area contributed by atoms with Gasteiger partial charge in [0.15, 0.2) is 0 Å². The molecule has 7 nitrogen and oxygen atoms in total. The summed E-state index contributed by atoms with van der Waals surface area (Å²) in [5.74, 6) is 0.798. The molecule has 208 valence electrons. The van der Waals surface area contributed by atoms with Gasteiger partial charge < -0.3 is 15.5 Å². The first-order chi connectivity index (χ1) is 19.3. The van der Waals surface area contributed by atoms with Crippen molar-refractivity contribution in [1.29, 1.82) is 0 Å². The van der Waals surface area contributed by atoms with Crippen molar-refractivity contribution in [1.82, 2.24) is 19.4 Å². The highest BCUT2D eigenvalue weighted by atomic mass is 35.5. The number of rotatable bonds is 8. The van der Waals surface area contributed by atoms with Gasteiger partial charge >= 0.3 is 6.03 Å². The van der Waals surface area contributed by atoms with E-state index in [1.807, 2.05) is 47.1 Å². The number of carbonyl (C=O) groups is 1. The van der Waals surface area contributed by atoms with Gasteiger partial charge in [-0.05, 0) is 42.2 Å². The summed E-state index contributed by atoms with van der Waals surface area (Å²) >= 11 is 6.35. The molecule has 0 spiro atoms. The van der Waals surface area contributed by atoms with Crippen LogP contribution in [0.3, 0.4) is 0 Å². The molecule has 8 heteroatoms. The SMILES string of the molecule is Cc1ccc(CN2C(=O)N(CCN)CC(C(C)C)C2c2nc3cc(Cl)ccc3c(=O)n2Cc2ccccc2)cc1. The molecule has 2 unspecified atom stereocenters. The van der Waals surface area contributed by atoms with Crippen molar-refractivity contribution in [3.8, 4) is 0 Å². The number of aromatic nitrogens is 2. The molecule has 1 fully saturated rings. The average Bonchev–Trinajstić information content (AvgIpc) is 2.94. The fraction of sp³-hybridized carbons (Fsp3) is 0.344. The summed E-state index contributed by atoms with van der Waals surface area (Å²) in [7, 11) is 0. The number of nitrogens with zero attached hydrogens (tertiary/aromatic N) is 4. The number of hydrogen-bond donors (Lipinski definition) is 1. The second-order valence-corrected chi connectivity index (χ2v) is 11.4. The van der Waals surface area contributed by atoms with E-state index in [1.165, 1.54) is 0 Å². The molecule has 1 saturated heterocycles. The lowest BCUT2D eigenvalue weighted by Crippen LogP contribution is -2.57. The summed E-state index contributed by atoms with van der Waals surface area (Å²) in [5.41, 5.74) is 9.47. The van der Waals surface area contributed by atoms with Gasteiger partial charge in [-0.15, -0.1) is 0 Å². The van der Waals surface area contributed by atoms with Gasteiger partial charge in [0.1, 0.15) is 5.82 Å². The second-order valence-electron chi connectivity index (χ2n) is 11.0. The third kappa shape index (κ3) is 5.62. The monoisotopic (exact) mass is 557 g/mol. The Kier molecular flexibility index (Phi) is 8.24. The number of benzene rings is 3. The topological polar surface area (TPSA) is 84.5 Å². The Morgan fingerprint density at radius 1 is 0.975 bits per heavy atom. The lowest BCUT2D eigenvalue weighted by atomic mass is 9.84. The molecular weight excluding hydrogens is 522 g/mol. The molecule has 2 N–H and O–H groups in total.